The number of anilines is 1. The number of nitrogens with zero attached hydrogens (tertiary/aromatic N) is 1. The zero-order chi connectivity index (χ0) is 15.4. The van der Waals surface area contributed by atoms with Crippen molar-refractivity contribution in [1.29, 1.82) is 0 Å². The first-order valence-electron chi connectivity index (χ1n) is 7.14. The van der Waals surface area contributed by atoms with Crippen molar-refractivity contribution in [2.75, 3.05) is 4.90 Å². The van der Waals surface area contributed by atoms with Crippen LogP contribution in [0, 0.1) is 11.8 Å². The van der Waals surface area contributed by atoms with Crippen molar-refractivity contribution in [2.24, 2.45) is 11.8 Å². The summed E-state index contributed by atoms with van der Waals surface area (Å²) in [5.41, 5.74) is 0.380. The van der Waals surface area contributed by atoms with E-state index < -0.39 is 18.4 Å². The van der Waals surface area contributed by atoms with Crippen molar-refractivity contribution >= 4 is 17.5 Å². The fourth-order valence-electron chi connectivity index (χ4n) is 3.74. The van der Waals surface area contributed by atoms with Crippen LogP contribution in [0.1, 0.15) is 12.8 Å². The Morgan fingerprint density at radius 3 is 2.09 bits per heavy atom. The summed E-state index contributed by atoms with van der Waals surface area (Å²) < 4.78 is 34.2. The molecule has 5 nitrogen and oxygen atoms in total. The second-order valence-corrected chi connectivity index (χ2v) is 5.73. The first kappa shape index (κ1) is 13.6. The van der Waals surface area contributed by atoms with Gasteiger partial charge in [0.15, 0.2) is 0 Å². The monoisotopic (exact) mass is 309 g/mol. The third-order valence-corrected chi connectivity index (χ3v) is 4.60. The molecule has 0 aliphatic carbocycles. The topological polar surface area (TPSA) is 55.8 Å². The molecule has 1 aromatic carbocycles. The fourth-order valence-corrected chi connectivity index (χ4v) is 3.74. The third kappa shape index (κ3) is 1.85. The van der Waals surface area contributed by atoms with Crippen LogP contribution in [0.2, 0.25) is 0 Å². The summed E-state index contributed by atoms with van der Waals surface area (Å²) >= 11 is 0. The van der Waals surface area contributed by atoms with Crippen molar-refractivity contribution in [3.8, 4) is 5.75 Å². The van der Waals surface area contributed by atoms with Gasteiger partial charge in [-0.1, -0.05) is 0 Å². The van der Waals surface area contributed by atoms with Gasteiger partial charge in [-0.05, 0) is 37.1 Å². The summed E-state index contributed by atoms with van der Waals surface area (Å²) in [6.45, 7) is -2.91. The van der Waals surface area contributed by atoms with E-state index in [9.17, 15) is 18.4 Å². The summed E-state index contributed by atoms with van der Waals surface area (Å²) in [4.78, 5) is 26.2. The van der Waals surface area contributed by atoms with Gasteiger partial charge >= 0.3 is 6.61 Å². The molecule has 4 rings (SSSR count). The quantitative estimate of drug-likeness (QED) is 0.801. The van der Waals surface area contributed by atoms with Gasteiger partial charge in [0.25, 0.3) is 0 Å². The highest BCUT2D eigenvalue weighted by Gasteiger charge is 2.62. The van der Waals surface area contributed by atoms with E-state index in [0.717, 1.165) is 17.7 Å². The molecule has 0 spiro atoms. The van der Waals surface area contributed by atoms with Crippen LogP contribution in [0.5, 0.6) is 5.75 Å². The average molecular weight is 309 g/mol. The minimum absolute atomic E-state index is 0.0126. The third-order valence-electron chi connectivity index (χ3n) is 4.60. The van der Waals surface area contributed by atoms with Crippen LogP contribution in [-0.4, -0.2) is 30.6 Å². The molecule has 3 aliphatic rings. The molecule has 3 saturated heterocycles. The Morgan fingerprint density at radius 2 is 1.59 bits per heavy atom. The second kappa shape index (κ2) is 4.74. The Labute approximate surface area is 124 Å². The maximum Gasteiger partial charge on any atom is 0.387 e. The van der Waals surface area contributed by atoms with E-state index in [-0.39, 0.29) is 29.8 Å². The Bertz CT molecular complexity index is 605. The van der Waals surface area contributed by atoms with E-state index in [2.05, 4.69) is 4.74 Å². The van der Waals surface area contributed by atoms with E-state index in [4.69, 9.17) is 4.74 Å². The van der Waals surface area contributed by atoms with Crippen molar-refractivity contribution in [2.45, 2.75) is 31.7 Å². The number of benzene rings is 1. The maximum absolute atomic E-state index is 12.5. The molecule has 0 saturated carbocycles. The van der Waals surface area contributed by atoms with Gasteiger partial charge in [-0.25, -0.2) is 4.90 Å². The zero-order valence-electron chi connectivity index (χ0n) is 11.4. The van der Waals surface area contributed by atoms with Gasteiger partial charge in [0.2, 0.25) is 11.8 Å². The Balaban J connectivity index is 1.60. The number of amides is 2. The van der Waals surface area contributed by atoms with Gasteiger partial charge in [0.05, 0.1) is 29.7 Å². The summed E-state index contributed by atoms with van der Waals surface area (Å²) in [6.07, 6.45) is 1.27. The summed E-state index contributed by atoms with van der Waals surface area (Å²) in [7, 11) is 0. The van der Waals surface area contributed by atoms with Crippen LogP contribution in [-0.2, 0) is 14.3 Å². The van der Waals surface area contributed by atoms with E-state index in [1.165, 1.54) is 24.3 Å². The van der Waals surface area contributed by atoms with Crippen molar-refractivity contribution in [3.05, 3.63) is 24.3 Å². The lowest BCUT2D eigenvalue weighted by Crippen LogP contribution is -2.34. The minimum atomic E-state index is -2.91. The number of alkyl halides is 2. The molecule has 3 heterocycles. The first-order valence-corrected chi connectivity index (χ1v) is 7.14. The Kier molecular flexibility index (Phi) is 2.94. The molecule has 1 aromatic rings. The lowest BCUT2D eigenvalue weighted by atomic mass is 9.81. The molecule has 2 amide bonds. The van der Waals surface area contributed by atoms with Crippen molar-refractivity contribution < 1.29 is 27.8 Å². The number of imide groups is 1. The molecular weight excluding hydrogens is 296 g/mol. The molecule has 7 heteroatoms. The first-order chi connectivity index (χ1) is 10.6. The van der Waals surface area contributed by atoms with E-state index in [0.29, 0.717) is 5.69 Å². The number of ether oxygens (including phenoxy) is 2. The standard InChI is InChI=1S/C15H13F2NO4/c16-15(17)21-8-3-1-7(2-4-8)18-13(19)11-9-5-6-10(22-9)12(11)14(18)20/h1-4,9-12,15H,5-6H2/t9-,10+,11+,12-. The van der Waals surface area contributed by atoms with Gasteiger partial charge in [-0.15, -0.1) is 0 Å². The fraction of sp³-hybridized carbons (Fsp3) is 0.467. The molecule has 2 bridgehead atoms. The molecule has 116 valence electrons. The Morgan fingerprint density at radius 1 is 1.05 bits per heavy atom. The normalized spacial score (nSPS) is 33.0. The number of halogens is 2. The van der Waals surface area contributed by atoms with Crippen LogP contribution in [0.25, 0.3) is 0 Å². The van der Waals surface area contributed by atoms with Crippen LogP contribution in [0.3, 0.4) is 0 Å². The summed E-state index contributed by atoms with van der Waals surface area (Å²) in [5.74, 6) is -1.33. The van der Waals surface area contributed by atoms with Gasteiger partial charge in [0.1, 0.15) is 5.75 Å². The number of fused-ring (bicyclic) bond motifs is 5. The number of hydrogen-bond donors (Lipinski definition) is 0. The highest BCUT2D eigenvalue weighted by molar-refractivity contribution is 6.22. The van der Waals surface area contributed by atoms with Crippen LogP contribution in [0.15, 0.2) is 24.3 Å². The number of hydrogen-bond acceptors (Lipinski definition) is 4. The zero-order valence-corrected chi connectivity index (χ0v) is 11.4. The largest absolute Gasteiger partial charge is 0.435 e. The minimum Gasteiger partial charge on any atom is -0.435 e. The van der Waals surface area contributed by atoms with E-state index in [1.807, 2.05) is 0 Å². The van der Waals surface area contributed by atoms with Gasteiger partial charge in [0, 0.05) is 0 Å². The van der Waals surface area contributed by atoms with Gasteiger partial charge in [-0.3, -0.25) is 9.59 Å². The molecule has 3 aliphatic heterocycles. The average Bonchev–Trinajstić information content (AvgIpc) is 3.14. The molecule has 4 atom stereocenters. The number of rotatable bonds is 3. The van der Waals surface area contributed by atoms with Crippen LogP contribution in [0.4, 0.5) is 14.5 Å². The lowest BCUT2D eigenvalue weighted by molar-refractivity contribution is -0.124. The van der Waals surface area contributed by atoms with Gasteiger partial charge in [-0.2, -0.15) is 8.78 Å². The molecule has 0 N–H and O–H groups in total. The lowest BCUT2D eigenvalue weighted by Gasteiger charge is -2.17. The SMILES string of the molecule is O=C1[C@@H]2[C@H](C(=O)N1c1ccc(OC(F)F)cc1)[C@@H]1CC[C@H]2O1. The Hall–Kier alpha value is -2.02. The highest BCUT2D eigenvalue weighted by atomic mass is 19.3. The molecule has 0 aromatic heterocycles. The van der Waals surface area contributed by atoms with E-state index in [1.54, 1.807) is 0 Å². The van der Waals surface area contributed by atoms with E-state index >= 15 is 0 Å². The molecular formula is C15H13F2NO4. The van der Waals surface area contributed by atoms with Crippen LogP contribution >= 0.6 is 0 Å². The maximum atomic E-state index is 12.5. The summed E-state index contributed by atoms with van der Waals surface area (Å²) in [5, 5.41) is 0. The predicted octanol–water partition coefficient (Wildman–Crippen LogP) is 1.95. The highest BCUT2D eigenvalue weighted by Crippen LogP contribution is 2.49. The molecule has 22 heavy (non-hydrogen) atoms. The molecule has 3 fully saturated rings. The number of carbonyl (C=O) groups excluding carboxylic acids is 2. The predicted molar refractivity (Wildman–Crippen MR) is 70.4 cm³/mol. The smallest absolute Gasteiger partial charge is 0.387 e. The van der Waals surface area contributed by atoms with Crippen molar-refractivity contribution in [1.82, 2.24) is 0 Å². The van der Waals surface area contributed by atoms with Gasteiger partial charge < -0.3 is 9.47 Å². The molecule has 0 unspecified atom stereocenters. The second-order valence-electron chi connectivity index (χ2n) is 5.73. The number of carbonyl (C=O) groups is 2. The van der Waals surface area contributed by atoms with Crippen molar-refractivity contribution in [3.63, 3.8) is 0 Å². The molecule has 0 radical (unpaired) electrons. The summed E-state index contributed by atoms with van der Waals surface area (Å²) in [6, 6.07) is 5.52. The van der Waals surface area contributed by atoms with Crippen LogP contribution < -0.4 is 9.64 Å².